The number of benzene rings is 2. The summed E-state index contributed by atoms with van der Waals surface area (Å²) in [5, 5.41) is 15.1. The van der Waals surface area contributed by atoms with Crippen LogP contribution >= 0.6 is 0 Å². The third kappa shape index (κ3) is 6.50. The molecule has 0 radical (unpaired) electrons. The van der Waals surface area contributed by atoms with Crippen molar-refractivity contribution in [2.24, 2.45) is 10.9 Å². The zero-order chi connectivity index (χ0) is 28.3. The topological polar surface area (TPSA) is 159 Å². The van der Waals surface area contributed by atoms with E-state index in [9.17, 15) is 21.6 Å². The van der Waals surface area contributed by atoms with Crippen LogP contribution in [0.1, 0.15) is 26.7 Å². The van der Waals surface area contributed by atoms with Gasteiger partial charge in [0.15, 0.2) is 9.84 Å². The molecule has 4 N–H and O–H groups in total. The van der Waals surface area contributed by atoms with E-state index in [-0.39, 0.29) is 30.0 Å². The Hall–Kier alpha value is -3.48. The van der Waals surface area contributed by atoms with Crippen LogP contribution in [0, 0.1) is 0 Å². The van der Waals surface area contributed by atoms with Gasteiger partial charge in [-0.2, -0.15) is 4.31 Å². The van der Waals surface area contributed by atoms with Gasteiger partial charge in [-0.25, -0.2) is 16.8 Å². The Bertz CT molecular complexity index is 1530. The van der Waals surface area contributed by atoms with E-state index in [0.29, 0.717) is 33.7 Å². The highest BCUT2D eigenvalue weighted by Crippen LogP contribution is 2.30. The first kappa shape index (κ1) is 29.1. The number of nitrogens with two attached hydrogens (primary N) is 1. The number of oxime groups is 1. The molecular weight excluding hydrogens is 528 g/mol. The number of amides is 1. The fraction of sp³-hybridized carbons (Fsp3) is 0.308. The van der Waals surface area contributed by atoms with E-state index in [1.54, 1.807) is 62.4 Å². The zero-order valence-electron chi connectivity index (χ0n) is 21.7. The Labute approximate surface area is 223 Å². The standard InChI is InChI=1S/C26H32N4O6S2/c1-5-30(38(4,35)36)23(16-19-12-15-22(29-32)25(27)17(19)2)26(31)28-20-13-10-18(11-14-20)21-8-6-7-9-24(21)37(3,33)34/h6-14,23,32H,5,15-16,27H2,1-4H3,(H,28,31)/t23-/m0/s1. The minimum Gasteiger partial charge on any atom is -0.411 e. The number of nitrogens with one attached hydrogen (secondary N) is 1. The lowest BCUT2D eigenvalue weighted by Crippen LogP contribution is -2.47. The molecule has 0 heterocycles. The molecule has 0 saturated carbocycles. The summed E-state index contributed by atoms with van der Waals surface area (Å²) in [6.07, 6.45) is 4.28. The molecule has 0 unspecified atom stereocenters. The van der Waals surface area contributed by atoms with E-state index in [2.05, 4.69) is 10.5 Å². The second-order valence-corrected chi connectivity index (χ2v) is 13.0. The number of anilines is 1. The number of sulfonamides is 1. The second kappa shape index (κ2) is 11.5. The molecule has 3 rings (SSSR count). The number of rotatable bonds is 9. The monoisotopic (exact) mass is 560 g/mol. The number of sulfone groups is 1. The Balaban J connectivity index is 1.91. The van der Waals surface area contributed by atoms with Crippen molar-refractivity contribution >= 4 is 37.2 Å². The Morgan fingerprint density at radius 1 is 1.11 bits per heavy atom. The molecule has 1 aliphatic rings. The third-order valence-corrected chi connectivity index (χ3v) is 8.93. The maximum absolute atomic E-state index is 13.4. The smallest absolute Gasteiger partial charge is 0.243 e. The maximum atomic E-state index is 13.4. The van der Waals surface area contributed by atoms with Gasteiger partial charge < -0.3 is 16.3 Å². The van der Waals surface area contributed by atoms with Crippen LogP contribution in [-0.4, -0.2) is 63.1 Å². The molecule has 0 aliphatic heterocycles. The minimum atomic E-state index is -3.73. The highest BCUT2D eigenvalue weighted by Gasteiger charge is 2.33. The summed E-state index contributed by atoms with van der Waals surface area (Å²) in [6, 6.07) is 12.2. The van der Waals surface area contributed by atoms with E-state index >= 15 is 0 Å². The van der Waals surface area contributed by atoms with E-state index in [1.807, 2.05) is 0 Å². The number of hydrogen-bond acceptors (Lipinski definition) is 8. The van der Waals surface area contributed by atoms with E-state index in [1.165, 1.54) is 6.07 Å². The number of hydrogen-bond donors (Lipinski definition) is 3. The van der Waals surface area contributed by atoms with Crippen molar-refractivity contribution < 1.29 is 26.8 Å². The summed E-state index contributed by atoms with van der Waals surface area (Å²) < 4.78 is 50.6. The Morgan fingerprint density at radius 2 is 1.74 bits per heavy atom. The average molecular weight is 561 g/mol. The van der Waals surface area contributed by atoms with Crippen LogP contribution in [0.15, 0.2) is 81.5 Å². The quantitative estimate of drug-likeness (QED) is 0.314. The van der Waals surface area contributed by atoms with Crippen molar-refractivity contribution in [3.05, 3.63) is 71.5 Å². The lowest BCUT2D eigenvalue weighted by molar-refractivity contribution is -0.119. The lowest BCUT2D eigenvalue weighted by atomic mass is 9.90. The van der Waals surface area contributed by atoms with E-state index < -0.39 is 31.8 Å². The highest BCUT2D eigenvalue weighted by atomic mass is 32.2. The van der Waals surface area contributed by atoms with Gasteiger partial charge in [0.2, 0.25) is 15.9 Å². The van der Waals surface area contributed by atoms with Gasteiger partial charge in [0.1, 0.15) is 11.8 Å². The van der Waals surface area contributed by atoms with Crippen LogP contribution in [-0.2, 0) is 24.7 Å². The summed E-state index contributed by atoms with van der Waals surface area (Å²) in [6.45, 7) is 3.45. The van der Waals surface area contributed by atoms with Gasteiger partial charge in [-0.05, 0) is 48.3 Å². The van der Waals surface area contributed by atoms with Crippen LogP contribution in [0.3, 0.4) is 0 Å². The number of carbonyl (C=O) groups is 1. The van der Waals surface area contributed by atoms with Crippen LogP contribution in [0.25, 0.3) is 11.1 Å². The van der Waals surface area contributed by atoms with Crippen LogP contribution in [0.5, 0.6) is 0 Å². The first-order valence-corrected chi connectivity index (χ1v) is 15.6. The van der Waals surface area contributed by atoms with Crippen molar-refractivity contribution in [3.8, 4) is 11.1 Å². The molecule has 204 valence electrons. The molecule has 12 heteroatoms. The first-order valence-electron chi connectivity index (χ1n) is 11.8. The molecule has 1 aliphatic carbocycles. The highest BCUT2D eigenvalue weighted by molar-refractivity contribution is 7.90. The molecular formula is C26H32N4O6S2. The Morgan fingerprint density at radius 3 is 2.29 bits per heavy atom. The third-order valence-electron chi connectivity index (χ3n) is 6.41. The lowest BCUT2D eigenvalue weighted by Gasteiger charge is -2.30. The molecule has 0 bridgehead atoms. The normalized spacial score (nSPS) is 16.4. The Kier molecular flexibility index (Phi) is 8.80. The van der Waals surface area contributed by atoms with Crippen molar-refractivity contribution in [1.29, 1.82) is 0 Å². The fourth-order valence-electron chi connectivity index (χ4n) is 4.41. The largest absolute Gasteiger partial charge is 0.411 e. The zero-order valence-corrected chi connectivity index (χ0v) is 23.3. The van der Waals surface area contributed by atoms with Crippen molar-refractivity contribution in [2.45, 2.75) is 37.6 Å². The minimum absolute atomic E-state index is 0.0673. The first-order chi connectivity index (χ1) is 17.8. The summed E-state index contributed by atoms with van der Waals surface area (Å²) >= 11 is 0. The molecule has 2 aromatic carbocycles. The molecule has 0 aromatic heterocycles. The number of carbonyl (C=O) groups excluding carboxylic acids is 1. The molecule has 1 amide bonds. The summed E-state index contributed by atoms with van der Waals surface area (Å²) in [4.78, 5) is 13.6. The second-order valence-electron chi connectivity index (χ2n) is 9.04. The molecule has 0 fully saturated rings. The number of nitrogens with zero attached hydrogens (tertiary/aromatic N) is 2. The molecule has 0 spiro atoms. The maximum Gasteiger partial charge on any atom is 0.243 e. The average Bonchev–Trinajstić information content (AvgIpc) is 2.85. The van der Waals surface area contributed by atoms with Gasteiger partial charge in [0, 0.05) is 30.5 Å². The van der Waals surface area contributed by atoms with Crippen LogP contribution in [0.2, 0.25) is 0 Å². The SMILES string of the molecule is CCN([C@@H](CC1=CCC(=NO)C(N)=C1C)C(=O)Nc1ccc(-c2ccccc2S(C)(=O)=O)cc1)S(C)(=O)=O. The summed E-state index contributed by atoms with van der Waals surface area (Å²) in [5.41, 5.74) is 9.57. The molecule has 10 nitrogen and oxygen atoms in total. The summed E-state index contributed by atoms with van der Waals surface area (Å²) in [5.74, 6) is -0.532. The van der Waals surface area contributed by atoms with Gasteiger partial charge in [-0.1, -0.05) is 48.5 Å². The van der Waals surface area contributed by atoms with Gasteiger partial charge in [0.05, 0.1) is 16.8 Å². The van der Waals surface area contributed by atoms with Gasteiger partial charge in [-0.3, -0.25) is 4.79 Å². The van der Waals surface area contributed by atoms with E-state index in [0.717, 1.165) is 16.8 Å². The fourth-order valence-corrected chi connectivity index (χ4v) is 6.42. The van der Waals surface area contributed by atoms with Gasteiger partial charge in [0.25, 0.3) is 0 Å². The predicted molar refractivity (Wildman–Crippen MR) is 148 cm³/mol. The van der Waals surface area contributed by atoms with Gasteiger partial charge >= 0.3 is 0 Å². The van der Waals surface area contributed by atoms with Gasteiger partial charge in [-0.15, -0.1) is 0 Å². The van der Waals surface area contributed by atoms with Crippen LogP contribution in [0.4, 0.5) is 5.69 Å². The van der Waals surface area contributed by atoms with Crippen molar-refractivity contribution in [1.82, 2.24) is 4.31 Å². The van der Waals surface area contributed by atoms with E-state index in [4.69, 9.17) is 10.9 Å². The summed E-state index contributed by atoms with van der Waals surface area (Å²) in [7, 11) is -7.18. The predicted octanol–water partition coefficient (Wildman–Crippen LogP) is 3.13. The molecule has 2 aromatic rings. The van der Waals surface area contributed by atoms with Crippen molar-refractivity contribution in [3.63, 3.8) is 0 Å². The molecule has 1 atom stereocenters. The number of allylic oxidation sites excluding steroid dienone is 3. The van der Waals surface area contributed by atoms with Crippen molar-refractivity contribution in [2.75, 3.05) is 24.4 Å². The molecule has 38 heavy (non-hydrogen) atoms. The van der Waals surface area contributed by atoms with Crippen LogP contribution < -0.4 is 11.1 Å². The number of likely N-dealkylation sites (N-methyl/N-ethyl adjacent to an activating group) is 1. The molecule has 0 saturated heterocycles.